The van der Waals surface area contributed by atoms with Crippen molar-refractivity contribution in [2.45, 2.75) is 45.8 Å². The number of ether oxygens (including phenoxy) is 1. The Kier molecular flexibility index (Phi) is 4.40. The molecule has 1 unspecified atom stereocenters. The molecule has 0 bridgehead atoms. The fourth-order valence-electron chi connectivity index (χ4n) is 2.94. The average molecular weight is 301 g/mol. The van der Waals surface area contributed by atoms with E-state index in [1.165, 1.54) is 0 Å². The monoisotopic (exact) mass is 301 g/mol. The minimum atomic E-state index is -0.999. The number of carbonyl (C=O) groups excluding carboxylic acids is 2. The fraction of sp³-hybridized carbons (Fsp3) is 0.444. The van der Waals surface area contributed by atoms with Gasteiger partial charge in [0.05, 0.1) is 0 Å². The van der Waals surface area contributed by atoms with Crippen LogP contribution in [-0.4, -0.2) is 17.4 Å². The number of carbonyl (C=O) groups is 2. The molecule has 1 aliphatic rings. The zero-order chi connectivity index (χ0) is 16.4. The SMILES string of the molecule is C=C(C)CC1(C(=O)OCc2ccccc2)CC(C)(C)C(=O)N1. The number of esters is 1. The van der Waals surface area contributed by atoms with Crippen LogP contribution in [0.5, 0.6) is 0 Å². The van der Waals surface area contributed by atoms with Gasteiger partial charge in [0.25, 0.3) is 0 Å². The van der Waals surface area contributed by atoms with Gasteiger partial charge in [0, 0.05) is 11.8 Å². The summed E-state index contributed by atoms with van der Waals surface area (Å²) in [6.07, 6.45) is 0.815. The quantitative estimate of drug-likeness (QED) is 0.672. The summed E-state index contributed by atoms with van der Waals surface area (Å²) in [7, 11) is 0. The number of hydrogen-bond donors (Lipinski definition) is 1. The molecule has 0 aliphatic carbocycles. The van der Waals surface area contributed by atoms with E-state index in [4.69, 9.17) is 4.74 Å². The third kappa shape index (κ3) is 3.38. The highest BCUT2D eigenvalue weighted by molar-refractivity contribution is 5.95. The molecule has 22 heavy (non-hydrogen) atoms. The number of benzene rings is 1. The second-order valence-corrected chi connectivity index (χ2v) is 6.79. The van der Waals surface area contributed by atoms with Crippen LogP contribution < -0.4 is 5.32 Å². The van der Waals surface area contributed by atoms with E-state index in [0.29, 0.717) is 12.8 Å². The second kappa shape index (κ2) is 5.95. The van der Waals surface area contributed by atoms with Gasteiger partial charge in [-0.25, -0.2) is 4.79 Å². The van der Waals surface area contributed by atoms with Crippen molar-refractivity contribution < 1.29 is 14.3 Å². The minimum absolute atomic E-state index is 0.120. The lowest BCUT2D eigenvalue weighted by atomic mass is 9.80. The summed E-state index contributed by atoms with van der Waals surface area (Å²) in [5.41, 5.74) is 0.183. The molecule has 118 valence electrons. The molecule has 1 N–H and O–H groups in total. The molecule has 0 aromatic heterocycles. The fourth-order valence-corrected chi connectivity index (χ4v) is 2.94. The molecule has 0 radical (unpaired) electrons. The summed E-state index contributed by atoms with van der Waals surface area (Å²) >= 11 is 0. The lowest BCUT2D eigenvalue weighted by Crippen LogP contribution is -2.50. The Labute approximate surface area is 131 Å². The highest BCUT2D eigenvalue weighted by atomic mass is 16.5. The Bertz CT molecular complexity index is 592. The van der Waals surface area contributed by atoms with Crippen LogP contribution in [0.4, 0.5) is 0 Å². The third-order valence-electron chi connectivity index (χ3n) is 3.92. The van der Waals surface area contributed by atoms with Crippen LogP contribution in [0.3, 0.4) is 0 Å². The van der Waals surface area contributed by atoms with E-state index < -0.39 is 16.9 Å². The minimum Gasteiger partial charge on any atom is -0.459 e. The Morgan fingerprint density at radius 3 is 2.45 bits per heavy atom. The molecule has 1 atom stereocenters. The molecule has 1 heterocycles. The number of amides is 1. The summed E-state index contributed by atoms with van der Waals surface area (Å²) in [6, 6.07) is 9.50. The predicted molar refractivity (Wildman–Crippen MR) is 84.9 cm³/mol. The first-order valence-electron chi connectivity index (χ1n) is 7.43. The third-order valence-corrected chi connectivity index (χ3v) is 3.92. The molecule has 1 amide bonds. The van der Waals surface area contributed by atoms with Crippen LogP contribution in [-0.2, 0) is 20.9 Å². The smallest absolute Gasteiger partial charge is 0.332 e. The van der Waals surface area contributed by atoms with Gasteiger partial charge in [-0.3, -0.25) is 4.79 Å². The van der Waals surface area contributed by atoms with Crippen molar-refractivity contribution in [3.63, 3.8) is 0 Å². The lowest BCUT2D eigenvalue weighted by molar-refractivity contribution is -0.153. The van der Waals surface area contributed by atoms with Gasteiger partial charge in [-0.2, -0.15) is 0 Å². The number of hydrogen-bond acceptors (Lipinski definition) is 3. The Morgan fingerprint density at radius 2 is 1.95 bits per heavy atom. The van der Waals surface area contributed by atoms with Crippen LogP contribution in [0.25, 0.3) is 0 Å². The maximum atomic E-state index is 12.6. The van der Waals surface area contributed by atoms with Crippen LogP contribution >= 0.6 is 0 Å². The van der Waals surface area contributed by atoms with Crippen molar-refractivity contribution in [1.82, 2.24) is 5.32 Å². The van der Waals surface area contributed by atoms with Crippen molar-refractivity contribution in [3.05, 3.63) is 48.0 Å². The molecular weight excluding hydrogens is 278 g/mol. The van der Waals surface area contributed by atoms with Gasteiger partial charge in [0.15, 0.2) is 0 Å². The average Bonchev–Trinajstić information content (AvgIpc) is 2.67. The highest BCUT2D eigenvalue weighted by Gasteiger charge is 2.54. The highest BCUT2D eigenvalue weighted by Crippen LogP contribution is 2.39. The molecule has 2 rings (SSSR count). The van der Waals surface area contributed by atoms with E-state index in [0.717, 1.165) is 11.1 Å². The van der Waals surface area contributed by atoms with E-state index in [-0.39, 0.29) is 12.5 Å². The zero-order valence-corrected chi connectivity index (χ0v) is 13.4. The van der Waals surface area contributed by atoms with Crippen LogP contribution in [0.2, 0.25) is 0 Å². The molecule has 0 spiro atoms. The molecule has 1 aromatic rings. The van der Waals surface area contributed by atoms with Gasteiger partial charge in [0.1, 0.15) is 12.1 Å². The van der Waals surface area contributed by atoms with Crippen molar-refractivity contribution in [3.8, 4) is 0 Å². The molecule has 4 nitrogen and oxygen atoms in total. The van der Waals surface area contributed by atoms with E-state index in [1.807, 2.05) is 51.1 Å². The summed E-state index contributed by atoms with van der Waals surface area (Å²) < 4.78 is 5.46. The van der Waals surface area contributed by atoms with Crippen LogP contribution in [0, 0.1) is 5.41 Å². The van der Waals surface area contributed by atoms with Crippen molar-refractivity contribution in [2.24, 2.45) is 5.41 Å². The van der Waals surface area contributed by atoms with Crippen molar-refractivity contribution in [1.29, 1.82) is 0 Å². The lowest BCUT2D eigenvalue weighted by Gasteiger charge is -2.28. The summed E-state index contributed by atoms with van der Waals surface area (Å²) in [6.45, 7) is 9.61. The molecule has 0 saturated carbocycles. The predicted octanol–water partition coefficient (Wildman–Crippen LogP) is 2.98. The van der Waals surface area contributed by atoms with Crippen molar-refractivity contribution >= 4 is 11.9 Å². The number of rotatable bonds is 5. The summed E-state index contributed by atoms with van der Waals surface area (Å²) in [5.74, 6) is -0.510. The first kappa shape index (κ1) is 16.3. The van der Waals surface area contributed by atoms with Gasteiger partial charge < -0.3 is 10.1 Å². The van der Waals surface area contributed by atoms with Crippen LogP contribution in [0.1, 0.15) is 39.2 Å². The van der Waals surface area contributed by atoms with E-state index in [9.17, 15) is 9.59 Å². The first-order valence-corrected chi connectivity index (χ1v) is 7.43. The first-order chi connectivity index (χ1) is 10.3. The van der Waals surface area contributed by atoms with E-state index in [2.05, 4.69) is 11.9 Å². The summed E-state index contributed by atoms with van der Waals surface area (Å²) in [5, 5.41) is 2.85. The van der Waals surface area contributed by atoms with Gasteiger partial charge in [-0.05, 0) is 18.9 Å². The molecular formula is C18H23NO3. The van der Waals surface area contributed by atoms with Gasteiger partial charge in [-0.15, -0.1) is 6.58 Å². The standard InChI is InChI=1S/C18H23NO3/c1-13(2)10-18(12-17(3,4)15(20)19-18)16(21)22-11-14-8-6-5-7-9-14/h5-9H,1,10-12H2,2-4H3,(H,19,20). The van der Waals surface area contributed by atoms with Gasteiger partial charge >= 0.3 is 5.97 Å². The normalized spacial score (nSPS) is 23.0. The maximum Gasteiger partial charge on any atom is 0.332 e. The Hall–Kier alpha value is -2.10. The Morgan fingerprint density at radius 1 is 1.32 bits per heavy atom. The molecule has 1 fully saturated rings. The van der Waals surface area contributed by atoms with E-state index in [1.54, 1.807) is 0 Å². The van der Waals surface area contributed by atoms with Crippen molar-refractivity contribution in [2.75, 3.05) is 0 Å². The summed E-state index contributed by atoms with van der Waals surface area (Å²) in [4.78, 5) is 24.8. The molecule has 4 heteroatoms. The zero-order valence-electron chi connectivity index (χ0n) is 13.4. The number of nitrogens with one attached hydrogen (secondary N) is 1. The Balaban J connectivity index is 2.14. The largest absolute Gasteiger partial charge is 0.459 e. The topological polar surface area (TPSA) is 55.4 Å². The molecule has 1 saturated heterocycles. The second-order valence-electron chi connectivity index (χ2n) is 6.79. The van der Waals surface area contributed by atoms with Crippen LogP contribution in [0.15, 0.2) is 42.5 Å². The molecule has 1 aromatic carbocycles. The molecule has 1 aliphatic heterocycles. The van der Waals surface area contributed by atoms with E-state index >= 15 is 0 Å². The maximum absolute atomic E-state index is 12.6. The van der Waals surface area contributed by atoms with Gasteiger partial charge in [-0.1, -0.05) is 49.8 Å². The van der Waals surface area contributed by atoms with Gasteiger partial charge in [0.2, 0.25) is 5.91 Å².